The topological polar surface area (TPSA) is 183 Å². The third kappa shape index (κ3) is 9.51. The molecule has 6 rings (SSSR count). The number of thiophene rings is 2. The Labute approximate surface area is 344 Å². The molecule has 17 heteroatoms. The Morgan fingerprint density at radius 2 is 1.42 bits per heavy atom. The maximum absolute atomic E-state index is 12.7. The second-order valence-electron chi connectivity index (χ2n) is 13.0. The Morgan fingerprint density at radius 1 is 0.855 bits per heavy atom. The number of benzene rings is 2. The van der Waals surface area contributed by atoms with Crippen LogP contribution in [0.15, 0.2) is 86.0 Å². The number of aryl methyl sites for hydroxylation is 2. The Bertz CT molecular complexity index is 2500. The van der Waals surface area contributed by atoms with Crippen molar-refractivity contribution < 1.29 is 29.4 Å². The number of nitrogens with zero attached hydrogens (tertiary/aromatic N) is 2. The number of aromatic carboxylic acids is 2. The Hall–Kier alpha value is -4.87. The zero-order chi connectivity index (χ0) is 40.4. The van der Waals surface area contributed by atoms with Crippen LogP contribution >= 0.6 is 66.1 Å². The smallest absolute Gasteiger partial charge is 0.339 e. The molecule has 0 saturated carbocycles. The first-order valence-electron chi connectivity index (χ1n) is 16.1. The van der Waals surface area contributed by atoms with E-state index in [1.807, 2.05) is 57.2 Å². The quantitative estimate of drug-likeness (QED) is 0.0999. The number of carboxylic acid groups (broad SMARTS) is 2. The number of H-pyrrole nitrogens is 1. The number of carbonyl (C=O) groups is 4. The number of anilines is 2. The van der Waals surface area contributed by atoms with E-state index in [1.54, 1.807) is 31.5 Å². The van der Waals surface area contributed by atoms with Crippen molar-refractivity contribution in [2.75, 3.05) is 10.6 Å². The minimum atomic E-state index is -1.14. The number of nitrogens with one attached hydrogen (secondary N) is 3. The maximum Gasteiger partial charge on any atom is 0.339 e. The van der Waals surface area contributed by atoms with Crippen molar-refractivity contribution in [1.82, 2.24) is 14.8 Å². The third-order valence-corrected chi connectivity index (χ3v) is 11.8. The second-order valence-corrected chi connectivity index (χ2v) is 17.1. The van der Waals surface area contributed by atoms with Crippen LogP contribution < -0.4 is 16.2 Å². The van der Waals surface area contributed by atoms with Crippen molar-refractivity contribution in [2.24, 2.45) is 7.05 Å². The van der Waals surface area contributed by atoms with Gasteiger partial charge < -0.3 is 25.8 Å². The molecule has 0 saturated heterocycles. The number of halogens is 3. The average molecular weight is 930 g/mol. The molecule has 284 valence electrons. The molecule has 0 spiro atoms. The van der Waals surface area contributed by atoms with E-state index in [2.05, 4.69) is 52.6 Å². The van der Waals surface area contributed by atoms with Crippen molar-refractivity contribution in [2.45, 2.75) is 33.1 Å². The summed E-state index contributed by atoms with van der Waals surface area (Å²) >= 11 is 15.2. The van der Waals surface area contributed by atoms with Crippen LogP contribution in [0.4, 0.5) is 10.0 Å². The van der Waals surface area contributed by atoms with Gasteiger partial charge in [0.05, 0.1) is 11.8 Å². The highest BCUT2D eigenvalue weighted by molar-refractivity contribution is 9.10. The van der Waals surface area contributed by atoms with E-state index in [0.29, 0.717) is 16.8 Å². The van der Waals surface area contributed by atoms with E-state index in [4.69, 9.17) is 11.6 Å². The van der Waals surface area contributed by atoms with Crippen molar-refractivity contribution >= 4 is 99.9 Å². The Kier molecular flexibility index (Phi) is 12.7. The van der Waals surface area contributed by atoms with Gasteiger partial charge in [-0.25, -0.2) is 9.59 Å². The fraction of sp³-hybridized carbons (Fsp3) is 0.158. The summed E-state index contributed by atoms with van der Waals surface area (Å²) in [5.41, 5.74) is 2.89. The summed E-state index contributed by atoms with van der Waals surface area (Å²) in [6.07, 6.45) is 1.35. The van der Waals surface area contributed by atoms with Gasteiger partial charge in [0.15, 0.2) is 0 Å². The molecule has 5 N–H and O–H groups in total. The first kappa shape index (κ1) is 41.3. The van der Waals surface area contributed by atoms with Gasteiger partial charge in [0.25, 0.3) is 11.8 Å². The predicted molar refractivity (Wildman–Crippen MR) is 223 cm³/mol. The molecular formula is C38H32Br2ClN5O7S2. The normalized spacial score (nSPS) is 11.1. The van der Waals surface area contributed by atoms with Crippen LogP contribution in [-0.2, 0) is 12.5 Å². The van der Waals surface area contributed by atoms with Crippen LogP contribution in [0.1, 0.15) is 72.8 Å². The first-order chi connectivity index (χ1) is 25.8. The molecule has 0 fully saturated rings. The van der Waals surface area contributed by atoms with Crippen LogP contribution in [0, 0.1) is 6.92 Å². The SMILES string of the molecule is Cc1cc(C(=O)Nc2scc(-c3ccc(Br)cc3)c2C(=O)O)cc(=O)[nH]1.Cn1ncc(C(=O)Nc2sc(C(C)(C)C)c(-c3ccc(Br)cc3)c2C(=O)O)c1Cl. The molecule has 0 atom stereocenters. The first-order valence-corrected chi connectivity index (χ1v) is 19.8. The van der Waals surface area contributed by atoms with Crippen molar-refractivity contribution in [3.05, 3.63) is 130 Å². The molecule has 0 aliphatic rings. The summed E-state index contributed by atoms with van der Waals surface area (Å²) < 4.78 is 3.15. The average Bonchev–Trinajstić information content (AvgIpc) is 3.80. The minimum Gasteiger partial charge on any atom is -0.478 e. The third-order valence-electron chi connectivity index (χ3n) is 7.90. The van der Waals surface area contributed by atoms with Gasteiger partial charge in [0.2, 0.25) is 5.56 Å². The lowest BCUT2D eigenvalue weighted by molar-refractivity contribution is 0.0688. The summed E-state index contributed by atoms with van der Waals surface area (Å²) in [6.45, 7) is 7.70. The summed E-state index contributed by atoms with van der Waals surface area (Å²) in [5, 5.41) is 31.2. The number of hydrogen-bond acceptors (Lipinski definition) is 8. The molecule has 0 aliphatic heterocycles. The van der Waals surface area contributed by atoms with Crippen LogP contribution in [0.25, 0.3) is 22.3 Å². The van der Waals surface area contributed by atoms with Gasteiger partial charge in [-0.1, -0.05) is 88.5 Å². The van der Waals surface area contributed by atoms with Gasteiger partial charge in [-0.15, -0.1) is 22.7 Å². The lowest BCUT2D eigenvalue weighted by Crippen LogP contribution is -2.17. The molecule has 55 heavy (non-hydrogen) atoms. The molecule has 12 nitrogen and oxygen atoms in total. The van der Waals surface area contributed by atoms with Gasteiger partial charge in [0.1, 0.15) is 26.3 Å². The molecule has 4 heterocycles. The van der Waals surface area contributed by atoms with Crippen LogP contribution in [0.5, 0.6) is 0 Å². The second kappa shape index (κ2) is 16.9. The number of amides is 2. The van der Waals surface area contributed by atoms with Crippen molar-refractivity contribution in [3.8, 4) is 22.3 Å². The summed E-state index contributed by atoms with van der Waals surface area (Å²) in [5.74, 6) is -3.29. The number of aromatic nitrogens is 3. The molecule has 0 unspecified atom stereocenters. The predicted octanol–water partition coefficient (Wildman–Crippen LogP) is 9.94. The van der Waals surface area contributed by atoms with Gasteiger partial charge in [-0.3, -0.25) is 19.1 Å². The van der Waals surface area contributed by atoms with E-state index >= 15 is 0 Å². The number of carboxylic acids is 2. The summed E-state index contributed by atoms with van der Waals surface area (Å²) in [4.78, 5) is 64.1. The van der Waals surface area contributed by atoms with E-state index in [9.17, 15) is 34.2 Å². The van der Waals surface area contributed by atoms with E-state index in [1.165, 1.54) is 34.3 Å². The van der Waals surface area contributed by atoms with Gasteiger partial charge >= 0.3 is 11.9 Å². The fourth-order valence-corrected chi connectivity index (χ4v) is 8.31. The highest BCUT2D eigenvalue weighted by Gasteiger charge is 2.32. The molecule has 2 aromatic carbocycles. The highest BCUT2D eigenvalue weighted by atomic mass is 79.9. The van der Waals surface area contributed by atoms with Gasteiger partial charge in [-0.05, 0) is 53.8 Å². The van der Waals surface area contributed by atoms with Gasteiger partial charge in [-0.2, -0.15) is 5.10 Å². The standard InChI is InChI=1S/C20H19BrClN3O3S.C18H13BrN2O4S/c1-20(2,3)15-13(10-5-7-11(21)8-6-10)14(19(27)28)18(29-15)24-17(26)12-9-23-25(4)16(12)22;1-9-6-11(7-14(22)20-9)16(23)21-17-15(18(24)25)13(8-26-17)10-2-4-12(19)5-3-10/h5-9H,1-4H3,(H,24,26)(H,27,28);2-8H,1H3,(H,20,22)(H,21,23)(H,24,25). The lowest BCUT2D eigenvalue weighted by atomic mass is 9.87. The van der Waals surface area contributed by atoms with Crippen LogP contribution in [-0.4, -0.2) is 48.7 Å². The molecule has 0 radical (unpaired) electrons. The number of carbonyl (C=O) groups excluding carboxylic acids is 2. The fourth-order valence-electron chi connectivity index (χ4n) is 5.38. The van der Waals surface area contributed by atoms with E-state index in [-0.39, 0.29) is 42.8 Å². The molecule has 4 aromatic heterocycles. The number of rotatable bonds is 8. The van der Waals surface area contributed by atoms with Crippen molar-refractivity contribution in [1.29, 1.82) is 0 Å². The molecule has 0 aliphatic carbocycles. The van der Waals surface area contributed by atoms with E-state index in [0.717, 1.165) is 36.3 Å². The molecule has 2 amide bonds. The van der Waals surface area contributed by atoms with E-state index < -0.39 is 29.3 Å². The van der Waals surface area contributed by atoms with Crippen molar-refractivity contribution in [3.63, 3.8) is 0 Å². The molecule has 0 bridgehead atoms. The highest BCUT2D eigenvalue weighted by Crippen LogP contribution is 2.46. The monoisotopic (exact) mass is 927 g/mol. The van der Waals surface area contributed by atoms with Crippen LogP contribution in [0.3, 0.4) is 0 Å². The number of aromatic amines is 1. The number of pyridine rings is 1. The molecular weight excluding hydrogens is 898 g/mol. The lowest BCUT2D eigenvalue weighted by Gasteiger charge is -2.19. The minimum absolute atomic E-state index is 0.0206. The largest absolute Gasteiger partial charge is 0.478 e. The summed E-state index contributed by atoms with van der Waals surface area (Å²) in [6, 6.07) is 17.4. The summed E-state index contributed by atoms with van der Waals surface area (Å²) in [7, 11) is 1.62. The van der Waals surface area contributed by atoms with Crippen LogP contribution in [0.2, 0.25) is 5.15 Å². The molecule has 6 aromatic rings. The Morgan fingerprint density at radius 3 is 1.93 bits per heavy atom. The van der Waals surface area contributed by atoms with Gasteiger partial charge in [0, 0.05) is 54.7 Å². The number of hydrogen-bond donors (Lipinski definition) is 5. The zero-order valence-electron chi connectivity index (χ0n) is 29.7. The zero-order valence-corrected chi connectivity index (χ0v) is 35.3. The maximum atomic E-state index is 12.7. The Balaban J connectivity index is 0.000000212.